The lowest BCUT2D eigenvalue weighted by atomic mass is 10.2. The quantitative estimate of drug-likeness (QED) is 0.848. The van der Waals surface area contributed by atoms with Crippen molar-refractivity contribution in [2.45, 2.75) is 12.8 Å². The highest BCUT2D eigenvalue weighted by atomic mass is 16.7. The number of hydrogen-bond acceptors (Lipinski definition) is 5. The van der Waals surface area contributed by atoms with Gasteiger partial charge in [0.15, 0.2) is 11.5 Å². The lowest BCUT2D eigenvalue weighted by Crippen LogP contribution is -2.32. The molecular formula is C20H21N3O4. The molecule has 7 heteroatoms. The molecule has 2 aromatic carbocycles. The number of nitrogens with one attached hydrogen (secondary N) is 2. The zero-order valence-corrected chi connectivity index (χ0v) is 14.9. The van der Waals surface area contributed by atoms with Crippen LogP contribution in [0.2, 0.25) is 0 Å². The Morgan fingerprint density at radius 2 is 1.70 bits per heavy atom. The molecule has 0 bridgehead atoms. The zero-order valence-electron chi connectivity index (χ0n) is 14.9. The van der Waals surface area contributed by atoms with Crippen LogP contribution in [0.1, 0.15) is 23.2 Å². The van der Waals surface area contributed by atoms with E-state index in [-0.39, 0.29) is 25.2 Å². The van der Waals surface area contributed by atoms with E-state index >= 15 is 0 Å². The molecular weight excluding hydrogens is 346 g/mol. The molecule has 2 aliphatic heterocycles. The van der Waals surface area contributed by atoms with Gasteiger partial charge in [0.2, 0.25) is 12.7 Å². The maximum absolute atomic E-state index is 12.2. The number of benzene rings is 2. The maximum atomic E-state index is 12.2. The fourth-order valence-electron chi connectivity index (χ4n) is 3.24. The van der Waals surface area contributed by atoms with Gasteiger partial charge in [-0.2, -0.15) is 0 Å². The third kappa shape index (κ3) is 3.97. The molecule has 2 aromatic rings. The van der Waals surface area contributed by atoms with Crippen molar-refractivity contribution in [1.82, 2.24) is 5.32 Å². The van der Waals surface area contributed by atoms with Crippen molar-refractivity contribution in [3.8, 4) is 11.5 Å². The Balaban J connectivity index is 1.28. The Labute approximate surface area is 157 Å². The highest BCUT2D eigenvalue weighted by Gasteiger charge is 2.17. The molecule has 2 amide bonds. The average molecular weight is 367 g/mol. The van der Waals surface area contributed by atoms with Crippen LogP contribution in [0.5, 0.6) is 11.5 Å². The molecule has 140 valence electrons. The molecule has 2 aliphatic rings. The number of hydrogen-bond donors (Lipinski definition) is 2. The predicted molar refractivity (Wildman–Crippen MR) is 101 cm³/mol. The van der Waals surface area contributed by atoms with Gasteiger partial charge in [0.25, 0.3) is 5.91 Å². The highest BCUT2D eigenvalue weighted by molar-refractivity contribution is 5.99. The Kier molecular flexibility index (Phi) is 4.82. The van der Waals surface area contributed by atoms with Gasteiger partial charge >= 0.3 is 0 Å². The van der Waals surface area contributed by atoms with Crippen molar-refractivity contribution in [3.05, 3.63) is 48.0 Å². The molecule has 7 nitrogen and oxygen atoms in total. The van der Waals surface area contributed by atoms with Crippen LogP contribution in [0, 0.1) is 0 Å². The van der Waals surface area contributed by atoms with Gasteiger partial charge in [0, 0.05) is 30.0 Å². The van der Waals surface area contributed by atoms with Gasteiger partial charge < -0.3 is 25.0 Å². The molecule has 2 N–H and O–H groups in total. The van der Waals surface area contributed by atoms with Crippen molar-refractivity contribution in [2.24, 2.45) is 0 Å². The molecule has 0 atom stereocenters. The number of nitrogens with zero attached hydrogens (tertiary/aromatic N) is 1. The number of fused-ring (bicyclic) bond motifs is 1. The summed E-state index contributed by atoms with van der Waals surface area (Å²) in [6.07, 6.45) is 2.45. The number of amides is 2. The normalized spacial score (nSPS) is 14.9. The Bertz CT molecular complexity index is 845. The van der Waals surface area contributed by atoms with Gasteiger partial charge in [-0.25, -0.2) is 0 Å². The third-order valence-corrected chi connectivity index (χ3v) is 4.67. The van der Waals surface area contributed by atoms with Gasteiger partial charge in [-0.1, -0.05) is 0 Å². The first-order valence-corrected chi connectivity index (χ1v) is 9.02. The molecule has 4 rings (SSSR count). The Morgan fingerprint density at radius 1 is 0.963 bits per heavy atom. The van der Waals surface area contributed by atoms with Gasteiger partial charge in [0.05, 0.1) is 6.54 Å². The molecule has 1 fully saturated rings. The number of carbonyl (C=O) groups excluding carboxylic acids is 2. The molecule has 0 aliphatic carbocycles. The van der Waals surface area contributed by atoms with Crippen molar-refractivity contribution < 1.29 is 19.1 Å². The second kappa shape index (κ2) is 7.57. The first-order chi connectivity index (χ1) is 13.2. The minimum atomic E-state index is -0.340. The van der Waals surface area contributed by atoms with E-state index in [1.807, 2.05) is 24.3 Å². The van der Waals surface area contributed by atoms with Crippen LogP contribution in [0.3, 0.4) is 0 Å². The van der Waals surface area contributed by atoms with Crippen molar-refractivity contribution in [1.29, 1.82) is 0 Å². The fourth-order valence-corrected chi connectivity index (χ4v) is 3.24. The molecule has 0 saturated carbocycles. The molecule has 0 radical (unpaired) electrons. The van der Waals surface area contributed by atoms with E-state index in [9.17, 15) is 9.59 Å². The molecule has 27 heavy (non-hydrogen) atoms. The van der Waals surface area contributed by atoms with E-state index in [4.69, 9.17) is 9.47 Å². The van der Waals surface area contributed by atoms with Crippen LogP contribution in [0.15, 0.2) is 42.5 Å². The summed E-state index contributed by atoms with van der Waals surface area (Å²) in [6.45, 7) is 2.20. The van der Waals surface area contributed by atoms with Crippen LogP contribution < -0.4 is 25.0 Å². The molecule has 1 saturated heterocycles. The van der Waals surface area contributed by atoms with E-state index < -0.39 is 0 Å². The zero-order chi connectivity index (χ0) is 18.6. The lowest BCUT2D eigenvalue weighted by Gasteiger charge is -2.17. The number of anilines is 2. The van der Waals surface area contributed by atoms with E-state index in [2.05, 4.69) is 15.5 Å². The minimum absolute atomic E-state index is 0.110. The summed E-state index contributed by atoms with van der Waals surface area (Å²) >= 11 is 0. The summed E-state index contributed by atoms with van der Waals surface area (Å²) in [5.74, 6) is 0.526. The monoisotopic (exact) mass is 367 g/mol. The smallest absolute Gasteiger partial charge is 0.251 e. The lowest BCUT2D eigenvalue weighted by molar-refractivity contribution is -0.115. The SMILES string of the molecule is O=C(CNC(=O)c1ccc2c(c1)OCO2)Nc1ccc(N2CCCC2)cc1. The van der Waals surface area contributed by atoms with Gasteiger partial charge in [-0.3, -0.25) is 9.59 Å². The van der Waals surface area contributed by atoms with Crippen molar-refractivity contribution >= 4 is 23.2 Å². The van der Waals surface area contributed by atoms with E-state index in [1.165, 1.54) is 18.5 Å². The summed E-state index contributed by atoms with van der Waals surface area (Å²) in [6, 6.07) is 12.7. The second-order valence-electron chi connectivity index (χ2n) is 6.54. The Hall–Kier alpha value is -3.22. The van der Waals surface area contributed by atoms with Gasteiger partial charge in [-0.15, -0.1) is 0 Å². The van der Waals surface area contributed by atoms with E-state index in [0.717, 1.165) is 13.1 Å². The average Bonchev–Trinajstić information content (AvgIpc) is 3.38. The van der Waals surface area contributed by atoms with Gasteiger partial charge in [-0.05, 0) is 55.3 Å². The first kappa shape index (κ1) is 17.2. The van der Waals surface area contributed by atoms with Crippen molar-refractivity contribution in [2.75, 3.05) is 36.6 Å². The summed E-state index contributed by atoms with van der Waals surface area (Å²) in [7, 11) is 0. The molecule has 0 spiro atoms. The minimum Gasteiger partial charge on any atom is -0.454 e. The predicted octanol–water partition coefficient (Wildman–Crippen LogP) is 2.38. The van der Waals surface area contributed by atoms with Crippen LogP contribution >= 0.6 is 0 Å². The summed E-state index contributed by atoms with van der Waals surface area (Å²) in [5, 5.41) is 5.40. The maximum Gasteiger partial charge on any atom is 0.251 e. The molecule has 0 aromatic heterocycles. The summed E-state index contributed by atoms with van der Waals surface area (Å²) < 4.78 is 10.5. The Morgan fingerprint density at radius 3 is 2.48 bits per heavy atom. The van der Waals surface area contributed by atoms with Crippen LogP contribution in [0.25, 0.3) is 0 Å². The number of ether oxygens (including phenoxy) is 2. The summed E-state index contributed by atoms with van der Waals surface area (Å²) in [4.78, 5) is 26.6. The third-order valence-electron chi connectivity index (χ3n) is 4.67. The molecule has 0 unspecified atom stereocenters. The first-order valence-electron chi connectivity index (χ1n) is 9.02. The second-order valence-corrected chi connectivity index (χ2v) is 6.54. The van der Waals surface area contributed by atoms with Crippen LogP contribution in [-0.4, -0.2) is 38.2 Å². The fraction of sp³-hybridized carbons (Fsp3) is 0.300. The van der Waals surface area contributed by atoms with Crippen LogP contribution in [0.4, 0.5) is 11.4 Å². The summed E-state index contributed by atoms with van der Waals surface area (Å²) in [5.41, 5.74) is 2.30. The molecule has 2 heterocycles. The van der Waals surface area contributed by atoms with Gasteiger partial charge in [0.1, 0.15) is 0 Å². The van der Waals surface area contributed by atoms with Crippen molar-refractivity contribution in [3.63, 3.8) is 0 Å². The highest BCUT2D eigenvalue weighted by Crippen LogP contribution is 2.32. The van der Waals surface area contributed by atoms with E-state index in [1.54, 1.807) is 18.2 Å². The van der Waals surface area contributed by atoms with E-state index in [0.29, 0.717) is 22.7 Å². The number of rotatable bonds is 5. The van der Waals surface area contributed by atoms with Crippen LogP contribution in [-0.2, 0) is 4.79 Å². The topological polar surface area (TPSA) is 79.9 Å². The number of carbonyl (C=O) groups is 2. The largest absolute Gasteiger partial charge is 0.454 e. The standard InChI is InChI=1S/C20H21N3O4/c24-19(22-15-4-6-16(7-5-15)23-9-1-2-10-23)12-21-20(25)14-3-8-17-18(11-14)27-13-26-17/h3-8,11H,1-2,9-10,12-13H2,(H,21,25)(H,22,24).